The zero-order valence-electron chi connectivity index (χ0n) is 13.3. The van der Waals surface area contributed by atoms with E-state index < -0.39 is 0 Å². The number of nitrogens with one attached hydrogen (secondary N) is 1. The van der Waals surface area contributed by atoms with E-state index in [2.05, 4.69) is 25.3 Å². The molecule has 0 fully saturated rings. The average Bonchev–Trinajstić information content (AvgIpc) is 3.06. The summed E-state index contributed by atoms with van der Waals surface area (Å²) in [6.07, 6.45) is 3.33. The minimum atomic E-state index is 0.338. The summed E-state index contributed by atoms with van der Waals surface area (Å²) in [5, 5.41) is 4.96. The first-order valence-electron chi connectivity index (χ1n) is 7.64. The average molecular weight is 403 g/mol. The number of hydrogen-bond donors (Lipinski definition) is 2. The molecule has 4 aromatic rings. The topological polar surface area (TPSA) is 89.6 Å². The van der Waals surface area contributed by atoms with Crippen LogP contribution in [-0.4, -0.2) is 19.9 Å². The fourth-order valence-corrected chi connectivity index (χ4v) is 4.20. The normalized spacial score (nSPS) is 11.0. The van der Waals surface area contributed by atoms with Crippen LogP contribution in [0, 0.1) is 0 Å². The van der Waals surface area contributed by atoms with Crippen molar-refractivity contribution in [1.82, 2.24) is 19.9 Å². The molecule has 0 unspecified atom stereocenters. The molecule has 0 spiro atoms. The van der Waals surface area contributed by atoms with Gasteiger partial charge in [-0.2, -0.15) is 0 Å². The zero-order valence-corrected chi connectivity index (χ0v) is 15.6. The lowest BCUT2D eigenvalue weighted by atomic mass is 10.2. The Bertz CT molecular complexity index is 1080. The molecule has 0 radical (unpaired) electrons. The highest BCUT2D eigenvalue weighted by atomic mass is 35.5. The Labute approximate surface area is 163 Å². The van der Waals surface area contributed by atoms with Crippen molar-refractivity contribution in [2.45, 2.75) is 6.54 Å². The third-order valence-electron chi connectivity index (χ3n) is 3.63. The summed E-state index contributed by atoms with van der Waals surface area (Å²) in [6, 6.07) is 8.99. The lowest BCUT2D eigenvalue weighted by molar-refractivity contribution is 0.968. The first kappa shape index (κ1) is 17.1. The second kappa shape index (κ2) is 7.13. The molecule has 0 bridgehead atoms. The van der Waals surface area contributed by atoms with Crippen molar-refractivity contribution >= 4 is 56.5 Å². The van der Waals surface area contributed by atoms with Crippen LogP contribution in [0.3, 0.4) is 0 Å². The molecule has 1 aromatic carbocycles. The molecule has 9 heteroatoms. The quantitative estimate of drug-likeness (QED) is 0.515. The number of halogens is 2. The van der Waals surface area contributed by atoms with Gasteiger partial charge >= 0.3 is 0 Å². The minimum absolute atomic E-state index is 0.338. The monoisotopic (exact) mass is 402 g/mol. The number of fused-ring (bicyclic) bond motifs is 1. The highest BCUT2D eigenvalue weighted by Crippen LogP contribution is 2.40. The summed E-state index contributed by atoms with van der Waals surface area (Å²) in [6.45, 7) is 0.338. The van der Waals surface area contributed by atoms with E-state index in [-0.39, 0.29) is 0 Å². The van der Waals surface area contributed by atoms with Gasteiger partial charge in [-0.3, -0.25) is 0 Å². The Kier molecular flexibility index (Phi) is 4.69. The largest absolute Gasteiger partial charge is 0.325 e. The third-order valence-corrected chi connectivity index (χ3v) is 5.36. The molecule has 6 nitrogen and oxygen atoms in total. The van der Waals surface area contributed by atoms with Crippen LogP contribution in [0.25, 0.3) is 20.8 Å². The second-order valence-corrected chi connectivity index (χ2v) is 7.14. The highest BCUT2D eigenvalue weighted by molar-refractivity contribution is 7.22. The molecule has 26 heavy (non-hydrogen) atoms. The highest BCUT2D eigenvalue weighted by Gasteiger charge is 2.16. The van der Waals surface area contributed by atoms with Gasteiger partial charge < -0.3 is 11.1 Å². The van der Waals surface area contributed by atoms with Crippen molar-refractivity contribution in [3.63, 3.8) is 0 Å². The third kappa shape index (κ3) is 3.22. The summed E-state index contributed by atoms with van der Waals surface area (Å²) in [5.41, 5.74) is 7.87. The number of anilines is 2. The van der Waals surface area contributed by atoms with Crippen LogP contribution in [0.1, 0.15) is 5.69 Å². The van der Waals surface area contributed by atoms with Crippen LogP contribution in [-0.2, 0) is 6.54 Å². The summed E-state index contributed by atoms with van der Waals surface area (Å²) in [5.74, 6) is 1.04. The number of rotatable bonds is 4. The Hall–Kier alpha value is -2.32. The number of benzene rings is 1. The summed E-state index contributed by atoms with van der Waals surface area (Å²) >= 11 is 14.1. The lowest BCUT2D eigenvalue weighted by Gasteiger charge is -2.05. The fourth-order valence-electron chi connectivity index (χ4n) is 2.43. The first-order valence-corrected chi connectivity index (χ1v) is 9.22. The number of hydrogen-bond acceptors (Lipinski definition) is 7. The molecule has 0 aliphatic heterocycles. The Morgan fingerprint density at radius 2 is 1.77 bits per heavy atom. The Balaban J connectivity index is 1.79. The van der Waals surface area contributed by atoms with Gasteiger partial charge in [0.15, 0.2) is 5.82 Å². The van der Waals surface area contributed by atoms with Gasteiger partial charge in [-0.1, -0.05) is 29.3 Å². The Morgan fingerprint density at radius 1 is 1.00 bits per heavy atom. The van der Waals surface area contributed by atoms with Crippen molar-refractivity contribution < 1.29 is 0 Å². The van der Waals surface area contributed by atoms with Crippen molar-refractivity contribution in [3.05, 3.63) is 58.5 Å². The van der Waals surface area contributed by atoms with Crippen LogP contribution in [0.2, 0.25) is 10.0 Å². The molecule has 0 atom stereocenters. The number of nitrogens with two attached hydrogens (primary N) is 1. The fraction of sp³-hybridized carbons (Fsp3) is 0.0588. The van der Waals surface area contributed by atoms with E-state index in [4.69, 9.17) is 28.9 Å². The molecular formula is C17H12Cl2N6S. The van der Waals surface area contributed by atoms with Crippen LogP contribution in [0.5, 0.6) is 0 Å². The maximum Gasteiger partial charge on any atom is 0.228 e. The molecule has 4 rings (SSSR count). The number of thiazole rings is 1. The minimum Gasteiger partial charge on any atom is -0.325 e. The van der Waals surface area contributed by atoms with Crippen LogP contribution < -0.4 is 11.1 Å². The van der Waals surface area contributed by atoms with Gasteiger partial charge in [0.05, 0.1) is 26.0 Å². The molecule has 3 heterocycles. The molecule has 0 amide bonds. The maximum absolute atomic E-state index is 6.31. The molecule has 3 N–H and O–H groups in total. The van der Waals surface area contributed by atoms with Gasteiger partial charge in [0.25, 0.3) is 0 Å². The van der Waals surface area contributed by atoms with Crippen molar-refractivity contribution in [2.24, 2.45) is 5.73 Å². The van der Waals surface area contributed by atoms with Gasteiger partial charge in [-0.05, 0) is 24.3 Å². The molecule has 0 aliphatic rings. The number of nitrogens with zero attached hydrogens (tertiary/aromatic N) is 4. The van der Waals surface area contributed by atoms with Crippen molar-refractivity contribution in [2.75, 3.05) is 5.32 Å². The van der Waals surface area contributed by atoms with Gasteiger partial charge in [-0.15, -0.1) is 11.3 Å². The van der Waals surface area contributed by atoms with Gasteiger partial charge in [0, 0.05) is 24.5 Å². The Morgan fingerprint density at radius 3 is 2.54 bits per heavy atom. The maximum atomic E-state index is 6.31. The summed E-state index contributed by atoms with van der Waals surface area (Å²) < 4.78 is 0.861. The van der Waals surface area contributed by atoms with Crippen LogP contribution >= 0.6 is 34.5 Å². The van der Waals surface area contributed by atoms with E-state index in [1.807, 2.05) is 6.07 Å². The number of pyridine rings is 1. The summed E-state index contributed by atoms with van der Waals surface area (Å²) in [7, 11) is 0. The van der Waals surface area contributed by atoms with Crippen molar-refractivity contribution in [3.8, 4) is 10.6 Å². The van der Waals surface area contributed by atoms with E-state index in [0.29, 0.717) is 33.9 Å². The number of aromatic nitrogens is 4. The van der Waals surface area contributed by atoms with Crippen molar-refractivity contribution in [1.29, 1.82) is 0 Å². The standard InChI is InChI=1S/C17H12Cl2N6S/c18-10-2-1-3-11(19)13(10)16-24-12-5-7-21-15(14(12)26-16)25-17-22-6-4-9(8-20)23-17/h1-7H,8,20H2,(H,21,22,23,25). The predicted molar refractivity (Wildman–Crippen MR) is 106 cm³/mol. The van der Waals surface area contributed by atoms with E-state index in [1.165, 1.54) is 11.3 Å². The predicted octanol–water partition coefficient (Wildman–Crippen LogP) is 4.66. The van der Waals surface area contributed by atoms with Gasteiger partial charge in [0.2, 0.25) is 5.95 Å². The molecule has 0 saturated carbocycles. The molecule has 3 aromatic heterocycles. The van der Waals surface area contributed by atoms with Gasteiger partial charge in [-0.25, -0.2) is 19.9 Å². The van der Waals surface area contributed by atoms with Crippen LogP contribution in [0.4, 0.5) is 11.8 Å². The molecule has 130 valence electrons. The molecular weight excluding hydrogens is 391 g/mol. The lowest BCUT2D eigenvalue weighted by Crippen LogP contribution is -2.04. The van der Waals surface area contributed by atoms with E-state index in [0.717, 1.165) is 20.9 Å². The SMILES string of the molecule is NCc1ccnc(Nc2nccc3nc(-c4c(Cl)cccc4Cl)sc23)n1. The molecule has 0 aliphatic carbocycles. The van der Waals surface area contributed by atoms with E-state index in [9.17, 15) is 0 Å². The zero-order chi connectivity index (χ0) is 18.1. The first-order chi connectivity index (χ1) is 12.7. The van der Waals surface area contributed by atoms with E-state index >= 15 is 0 Å². The van der Waals surface area contributed by atoms with E-state index in [1.54, 1.807) is 36.7 Å². The second-order valence-electron chi connectivity index (χ2n) is 5.32. The van der Waals surface area contributed by atoms with Crippen LogP contribution in [0.15, 0.2) is 42.7 Å². The van der Waals surface area contributed by atoms with Gasteiger partial charge in [0.1, 0.15) is 5.01 Å². The summed E-state index contributed by atoms with van der Waals surface area (Å²) in [4.78, 5) is 17.6. The molecule has 0 saturated heterocycles. The smallest absolute Gasteiger partial charge is 0.228 e.